The third-order valence-electron chi connectivity index (χ3n) is 5.55. The van der Waals surface area contributed by atoms with Gasteiger partial charge < -0.3 is 15.1 Å². The van der Waals surface area contributed by atoms with Crippen LogP contribution in [0.15, 0.2) is 54.6 Å². The second-order valence-electron chi connectivity index (χ2n) is 8.10. The zero-order chi connectivity index (χ0) is 22.7. The highest BCUT2D eigenvalue weighted by Gasteiger charge is 2.24. The molecule has 4 rings (SSSR count). The maximum atomic E-state index is 12.8. The molecule has 32 heavy (non-hydrogen) atoms. The molecule has 1 amide bonds. The number of carbonyl (C=O) groups excluding carboxylic acids is 2. The average molecular weight is 430 g/mol. The number of benzene rings is 2. The van der Waals surface area contributed by atoms with Crippen LogP contribution in [0, 0.1) is 13.8 Å². The Morgan fingerprint density at radius 2 is 1.47 bits per heavy atom. The highest BCUT2D eigenvalue weighted by atomic mass is 16.2. The number of Topliss-reactive ketones (excluding diaryl/α,β-unsaturated/α-hetero) is 1. The number of amides is 1. The second-order valence-corrected chi connectivity index (χ2v) is 8.10. The first kappa shape index (κ1) is 21.5. The number of ketones is 1. The molecular formula is C25H27N5O2. The van der Waals surface area contributed by atoms with Crippen molar-refractivity contribution in [3.8, 4) is 0 Å². The minimum Gasteiger partial charge on any atom is -0.340 e. The van der Waals surface area contributed by atoms with Crippen molar-refractivity contribution in [1.29, 1.82) is 0 Å². The van der Waals surface area contributed by atoms with Crippen molar-refractivity contribution < 1.29 is 9.59 Å². The minimum absolute atomic E-state index is 0.00740. The lowest BCUT2D eigenvalue weighted by atomic mass is 10.1. The lowest BCUT2D eigenvalue weighted by molar-refractivity contribution is 0.0745. The monoisotopic (exact) mass is 429 g/mol. The quantitative estimate of drug-likeness (QED) is 0.618. The maximum Gasteiger partial charge on any atom is 0.253 e. The molecule has 0 radical (unpaired) electrons. The molecule has 1 aliphatic rings. The summed E-state index contributed by atoms with van der Waals surface area (Å²) in [6, 6.07) is 16.9. The SMILES string of the molecule is CC(=O)c1ccc(C(=O)N2CCN(c3nc(C)cc(Nc4ccc(C)cc4)n3)CC2)cc1. The number of nitrogens with zero attached hydrogens (tertiary/aromatic N) is 4. The van der Waals surface area contributed by atoms with Gasteiger partial charge in [0.2, 0.25) is 5.95 Å². The first-order valence-electron chi connectivity index (χ1n) is 10.7. The van der Waals surface area contributed by atoms with E-state index in [0.29, 0.717) is 43.3 Å². The van der Waals surface area contributed by atoms with Crippen molar-refractivity contribution in [2.45, 2.75) is 20.8 Å². The predicted octanol–water partition coefficient (Wildman–Crippen LogP) is 4.00. The number of carbonyl (C=O) groups is 2. The first-order valence-corrected chi connectivity index (χ1v) is 10.7. The highest BCUT2D eigenvalue weighted by Crippen LogP contribution is 2.20. The number of rotatable bonds is 5. The fraction of sp³-hybridized carbons (Fsp3) is 0.280. The van der Waals surface area contributed by atoms with E-state index in [1.54, 1.807) is 24.3 Å². The number of aromatic nitrogens is 2. The van der Waals surface area contributed by atoms with Crippen LogP contribution in [0.25, 0.3) is 0 Å². The van der Waals surface area contributed by atoms with Crippen LogP contribution in [0.1, 0.15) is 38.9 Å². The Morgan fingerprint density at radius 1 is 0.844 bits per heavy atom. The van der Waals surface area contributed by atoms with E-state index in [9.17, 15) is 9.59 Å². The van der Waals surface area contributed by atoms with E-state index in [4.69, 9.17) is 4.98 Å². The van der Waals surface area contributed by atoms with Gasteiger partial charge in [-0.05, 0) is 45.0 Å². The van der Waals surface area contributed by atoms with Gasteiger partial charge in [0.05, 0.1) is 0 Å². The molecular weight excluding hydrogens is 402 g/mol. The van der Waals surface area contributed by atoms with E-state index in [0.717, 1.165) is 17.2 Å². The molecule has 7 heteroatoms. The van der Waals surface area contributed by atoms with Gasteiger partial charge in [-0.1, -0.05) is 29.8 Å². The van der Waals surface area contributed by atoms with Gasteiger partial charge in [0.25, 0.3) is 5.91 Å². The van der Waals surface area contributed by atoms with Crippen LogP contribution in [-0.4, -0.2) is 52.7 Å². The molecule has 1 N–H and O–H groups in total. The van der Waals surface area contributed by atoms with Crippen molar-refractivity contribution in [2.75, 3.05) is 36.4 Å². The Hall–Kier alpha value is -3.74. The van der Waals surface area contributed by atoms with Crippen molar-refractivity contribution >= 4 is 29.1 Å². The number of anilines is 3. The van der Waals surface area contributed by atoms with Crippen LogP contribution in [0.3, 0.4) is 0 Å². The Bertz CT molecular complexity index is 1120. The zero-order valence-corrected chi connectivity index (χ0v) is 18.6. The van der Waals surface area contributed by atoms with Gasteiger partial charge in [-0.2, -0.15) is 4.98 Å². The van der Waals surface area contributed by atoms with Crippen molar-refractivity contribution in [2.24, 2.45) is 0 Å². The standard InChI is InChI=1S/C25H27N5O2/c1-17-4-10-22(11-5-17)27-23-16-18(2)26-25(28-23)30-14-12-29(13-15-30)24(32)21-8-6-20(7-9-21)19(3)31/h4-11,16H,12-15H2,1-3H3,(H,26,27,28). The van der Waals surface area contributed by atoms with Crippen LogP contribution in [0.5, 0.6) is 0 Å². The van der Waals surface area contributed by atoms with Crippen molar-refractivity contribution in [3.05, 3.63) is 77.0 Å². The molecule has 0 unspecified atom stereocenters. The van der Waals surface area contributed by atoms with Crippen LogP contribution >= 0.6 is 0 Å². The van der Waals surface area contributed by atoms with Gasteiger partial charge >= 0.3 is 0 Å². The second kappa shape index (κ2) is 9.18. The number of piperazine rings is 1. The number of nitrogens with one attached hydrogen (secondary N) is 1. The van der Waals surface area contributed by atoms with Crippen LogP contribution in [-0.2, 0) is 0 Å². The summed E-state index contributed by atoms with van der Waals surface area (Å²) in [4.78, 5) is 37.5. The Morgan fingerprint density at radius 3 is 2.09 bits per heavy atom. The van der Waals surface area contributed by atoms with Gasteiger partial charge in [-0.25, -0.2) is 4.98 Å². The lowest BCUT2D eigenvalue weighted by Gasteiger charge is -2.35. The van der Waals surface area contributed by atoms with Crippen molar-refractivity contribution in [1.82, 2.24) is 14.9 Å². The normalized spacial score (nSPS) is 13.7. The van der Waals surface area contributed by atoms with Gasteiger partial charge in [0.15, 0.2) is 5.78 Å². The molecule has 1 aliphatic heterocycles. The Labute approximate surface area is 188 Å². The smallest absolute Gasteiger partial charge is 0.253 e. The van der Waals surface area contributed by atoms with Crippen LogP contribution in [0.2, 0.25) is 0 Å². The molecule has 0 aliphatic carbocycles. The molecule has 1 saturated heterocycles. The van der Waals surface area contributed by atoms with Gasteiger partial charge in [-0.3, -0.25) is 9.59 Å². The average Bonchev–Trinajstić information content (AvgIpc) is 2.80. The molecule has 164 valence electrons. The Kier molecular flexibility index (Phi) is 6.16. The third-order valence-corrected chi connectivity index (χ3v) is 5.55. The van der Waals surface area contributed by atoms with E-state index in [1.807, 2.05) is 30.0 Å². The van der Waals surface area contributed by atoms with Crippen LogP contribution in [0.4, 0.5) is 17.5 Å². The van der Waals surface area contributed by atoms with Crippen molar-refractivity contribution in [3.63, 3.8) is 0 Å². The summed E-state index contributed by atoms with van der Waals surface area (Å²) in [5.74, 6) is 1.39. The number of hydrogen-bond acceptors (Lipinski definition) is 6. The molecule has 7 nitrogen and oxygen atoms in total. The van der Waals surface area contributed by atoms with Crippen LogP contribution < -0.4 is 10.2 Å². The summed E-state index contributed by atoms with van der Waals surface area (Å²) in [5, 5.41) is 3.35. The molecule has 0 saturated carbocycles. The molecule has 1 fully saturated rings. The molecule has 0 spiro atoms. The van der Waals surface area contributed by atoms with E-state index >= 15 is 0 Å². The zero-order valence-electron chi connectivity index (χ0n) is 18.6. The molecule has 1 aromatic heterocycles. The first-order chi connectivity index (χ1) is 15.4. The van der Waals surface area contributed by atoms with Gasteiger partial charge in [-0.15, -0.1) is 0 Å². The molecule has 2 heterocycles. The number of hydrogen-bond donors (Lipinski definition) is 1. The van der Waals surface area contributed by atoms with E-state index in [2.05, 4.69) is 34.3 Å². The minimum atomic E-state index is -0.0216. The molecule has 2 aromatic carbocycles. The fourth-order valence-electron chi connectivity index (χ4n) is 3.68. The molecule has 0 bridgehead atoms. The maximum absolute atomic E-state index is 12.8. The summed E-state index contributed by atoms with van der Waals surface area (Å²) >= 11 is 0. The summed E-state index contributed by atoms with van der Waals surface area (Å²) < 4.78 is 0. The lowest BCUT2D eigenvalue weighted by Crippen LogP contribution is -2.49. The third kappa shape index (κ3) is 4.94. The summed E-state index contributed by atoms with van der Waals surface area (Å²) in [5.41, 5.74) is 4.27. The van der Waals surface area contributed by atoms with Gasteiger partial charge in [0.1, 0.15) is 5.82 Å². The summed E-state index contributed by atoms with van der Waals surface area (Å²) in [6.45, 7) is 8.02. The largest absolute Gasteiger partial charge is 0.340 e. The fourth-order valence-corrected chi connectivity index (χ4v) is 3.68. The predicted molar refractivity (Wildman–Crippen MR) is 126 cm³/mol. The highest BCUT2D eigenvalue weighted by molar-refractivity contribution is 5.97. The van der Waals surface area contributed by atoms with E-state index in [1.165, 1.54) is 12.5 Å². The molecule has 3 aromatic rings. The molecule has 0 atom stereocenters. The number of aryl methyl sites for hydroxylation is 2. The van der Waals surface area contributed by atoms with E-state index in [-0.39, 0.29) is 11.7 Å². The summed E-state index contributed by atoms with van der Waals surface area (Å²) in [6.07, 6.45) is 0. The van der Waals surface area contributed by atoms with E-state index < -0.39 is 0 Å². The summed E-state index contributed by atoms with van der Waals surface area (Å²) in [7, 11) is 0. The Balaban J connectivity index is 1.41. The van der Waals surface area contributed by atoms with Gasteiger partial charge in [0, 0.05) is 54.8 Å². The topological polar surface area (TPSA) is 78.4 Å².